The molecule has 0 aliphatic carbocycles. The van der Waals surface area contributed by atoms with E-state index in [4.69, 9.17) is 14.2 Å². The molecule has 1 saturated heterocycles. The largest absolute Gasteiger partial charge is 0.496 e. The highest BCUT2D eigenvalue weighted by molar-refractivity contribution is 5.81. The Balaban J connectivity index is 1.44. The first kappa shape index (κ1) is 23.6. The van der Waals surface area contributed by atoms with E-state index in [9.17, 15) is 4.79 Å². The Morgan fingerprint density at radius 1 is 1.21 bits per heavy atom. The zero-order valence-electron chi connectivity index (χ0n) is 20.1. The lowest BCUT2D eigenvalue weighted by Crippen LogP contribution is -2.51. The summed E-state index contributed by atoms with van der Waals surface area (Å²) in [6.07, 6.45) is 1.66. The number of morpholine rings is 1. The lowest BCUT2D eigenvalue weighted by atomic mass is 10.0. The van der Waals surface area contributed by atoms with Gasteiger partial charge in [-0.15, -0.1) is 0 Å². The van der Waals surface area contributed by atoms with Crippen molar-refractivity contribution in [3.8, 4) is 11.5 Å². The number of hydrogen-bond donors (Lipinski definition) is 0. The molecule has 0 aromatic heterocycles. The van der Waals surface area contributed by atoms with E-state index in [-0.39, 0.29) is 5.91 Å². The SMILES string of the molecule is COc1ccccc1CN1CCOC(C(=O)N(Cc2ccc3c(c2)OCCC3)CC(C)C)C1. The van der Waals surface area contributed by atoms with Crippen LogP contribution >= 0.6 is 0 Å². The monoisotopic (exact) mass is 452 g/mol. The third-order valence-corrected chi connectivity index (χ3v) is 6.26. The van der Waals surface area contributed by atoms with E-state index in [1.807, 2.05) is 23.1 Å². The molecule has 6 heteroatoms. The minimum Gasteiger partial charge on any atom is -0.496 e. The fourth-order valence-electron chi connectivity index (χ4n) is 4.65. The molecule has 1 fully saturated rings. The molecule has 6 nitrogen and oxygen atoms in total. The highest BCUT2D eigenvalue weighted by atomic mass is 16.5. The van der Waals surface area contributed by atoms with Gasteiger partial charge in [-0.2, -0.15) is 0 Å². The van der Waals surface area contributed by atoms with E-state index < -0.39 is 6.10 Å². The number of rotatable bonds is 8. The Labute approximate surface area is 197 Å². The number of carbonyl (C=O) groups excluding carboxylic acids is 1. The minimum atomic E-state index is -0.457. The average molecular weight is 453 g/mol. The van der Waals surface area contributed by atoms with Crippen LogP contribution in [-0.2, 0) is 29.0 Å². The Hall–Kier alpha value is -2.57. The lowest BCUT2D eigenvalue weighted by Gasteiger charge is -2.36. The normalized spacial score (nSPS) is 18.5. The maximum Gasteiger partial charge on any atom is 0.253 e. The molecule has 2 aliphatic rings. The molecule has 2 heterocycles. The third kappa shape index (κ3) is 6.06. The predicted molar refractivity (Wildman–Crippen MR) is 129 cm³/mol. The van der Waals surface area contributed by atoms with Crippen LogP contribution in [0.3, 0.4) is 0 Å². The molecule has 0 bridgehead atoms. The number of hydrogen-bond acceptors (Lipinski definition) is 5. The molecule has 2 aromatic carbocycles. The first-order chi connectivity index (χ1) is 16.0. The van der Waals surface area contributed by atoms with E-state index in [1.54, 1.807) is 7.11 Å². The van der Waals surface area contributed by atoms with Gasteiger partial charge in [-0.1, -0.05) is 44.2 Å². The predicted octanol–water partition coefficient (Wildman–Crippen LogP) is 3.91. The van der Waals surface area contributed by atoms with Crippen LogP contribution in [0.4, 0.5) is 0 Å². The molecule has 1 atom stereocenters. The van der Waals surface area contributed by atoms with Crippen LogP contribution in [0.15, 0.2) is 42.5 Å². The van der Waals surface area contributed by atoms with E-state index in [2.05, 4.69) is 43.0 Å². The molecule has 0 N–H and O–H groups in total. The van der Waals surface area contributed by atoms with Gasteiger partial charge in [0.15, 0.2) is 0 Å². The van der Waals surface area contributed by atoms with E-state index in [1.165, 1.54) is 5.56 Å². The van der Waals surface area contributed by atoms with Crippen molar-refractivity contribution in [2.75, 3.05) is 40.0 Å². The highest BCUT2D eigenvalue weighted by Crippen LogP contribution is 2.27. The van der Waals surface area contributed by atoms with Gasteiger partial charge in [0.2, 0.25) is 0 Å². The Bertz CT molecular complexity index is 945. The van der Waals surface area contributed by atoms with Crippen molar-refractivity contribution in [3.63, 3.8) is 0 Å². The van der Waals surface area contributed by atoms with Gasteiger partial charge in [0.25, 0.3) is 5.91 Å². The number of nitrogens with zero attached hydrogens (tertiary/aromatic N) is 2. The van der Waals surface area contributed by atoms with Crippen LogP contribution in [0.2, 0.25) is 0 Å². The van der Waals surface area contributed by atoms with Crippen LogP contribution in [0.1, 0.15) is 37.0 Å². The maximum atomic E-state index is 13.6. The summed E-state index contributed by atoms with van der Waals surface area (Å²) in [5.74, 6) is 2.28. The summed E-state index contributed by atoms with van der Waals surface area (Å²) in [4.78, 5) is 17.8. The van der Waals surface area contributed by atoms with Crippen LogP contribution in [0.25, 0.3) is 0 Å². The van der Waals surface area contributed by atoms with Gasteiger partial charge in [0.1, 0.15) is 17.6 Å². The molecule has 1 unspecified atom stereocenters. The molecule has 0 spiro atoms. The number of ether oxygens (including phenoxy) is 3. The molecule has 2 aliphatic heterocycles. The van der Waals surface area contributed by atoms with E-state index in [0.29, 0.717) is 32.2 Å². The second kappa shape index (κ2) is 11.0. The van der Waals surface area contributed by atoms with Crippen LogP contribution < -0.4 is 9.47 Å². The van der Waals surface area contributed by atoms with Gasteiger partial charge >= 0.3 is 0 Å². The summed E-state index contributed by atoms with van der Waals surface area (Å²) < 4.78 is 17.3. The van der Waals surface area contributed by atoms with Gasteiger partial charge in [-0.25, -0.2) is 0 Å². The van der Waals surface area contributed by atoms with Gasteiger partial charge in [-0.3, -0.25) is 9.69 Å². The van der Waals surface area contributed by atoms with Crippen molar-refractivity contribution in [3.05, 3.63) is 59.2 Å². The van der Waals surface area contributed by atoms with E-state index in [0.717, 1.165) is 55.2 Å². The van der Waals surface area contributed by atoms with Crippen molar-refractivity contribution < 1.29 is 19.0 Å². The molecule has 0 saturated carbocycles. The standard InChI is InChI=1S/C27H36N2O4/c1-20(2)16-29(17-21-10-11-22-8-6-13-32-25(22)15-21)27(30)26-19-28(12-14-33-26)18-23-7-4-5-9-24(23)31-3/h4-5,7,9-11,15,20,26H,6,8,12-14,16-19H2,1-3H3. The van der Waals surface area contributed by atoms with Crippen molar-refractivity contribution >= 4 is 5.91 Å². The topological polar surface area (TPSA) is 51.2 Å². The number of fused-ring (bicyclic) bond motifs is 1. The number of carbonyl (C=O) groups is 1. The zero-order chi connectivity index (χ0) is 23.2. The van der Waals surface area contributed by atoms with Gasteiger partial charge in [0.05, 0.1) is 20.3 Å². The van der Waals surface area contributed by atoms with E-state index >= 15 is 0 Å². The number of aryl methyl sites for hydroxylation is 1. The van der Waals surface area contributed by atoms with Crippen molar-refractivity contribution in [2.24, 2.45) is 5.92 Å². The first-order valence-electron chi connectivity index (χ1n) is 12.0. The smallest absolute Gasteiger partial charge is 0.253 e. The average Bonchev–Trinajstić information content (AvgIpc) is 2.83. The van der Waals surface area contributed by atoms with Gasteiger partial charge in [-0.05, 0) is 42.0 Å². The second-order valence-electron chi connectivity index (χ2n) is 9.41. The minimum absolute atomic E-state index is 0.0621. The second-order valence-corrected chi connectivity index (χ2v) is 9.41. The van der Waals surface area contributed by atoms with Crippen LogP contribution in [0.5, 0.6) is 11.5 Å². The molecule has 33 heavy (non-hydrogen) atoms. The summed E-state index contributed by atoms with van der Waals surface area (Å²) in [5.41, 5.74) is 3.49. The fourth-order valence-corrected chi connectivity index (χ4v) is 4.65. The summed E-state index contributed by atoms with van der Waals surface area (Å²) in [6.45, 7) is 8.99. The third-order valence-electron chi connectivity index (χ3n) is 6.26. The highest BCUT2D eigenvalue weighted by Gasteiger charge is 2.31. The van der Waals surface area contributed by atoms with Crippen molar-refractivity contribution in [1.82, 2.24) is 9.80 Å². The van der Waals surface area contributed by atoms with Crippen LogP contribution in [-0.4, -0.2) is 61.8 Å². The zero-order valence-corrected chi connectivity index (χ0v) is 20.1. The molecule has 178 valence electrons. The summed E-state index contributed by atoms with van der Waals surface area (Å²) >= 11 is 0. The van der Waals surface area contributed by atoms with Crippen LogP contribution in [0, 0.1) is 5.92 Å². The Morgan fingerprint density at radius 3 is 2.88 bits per heavy atom. The first-order valence-corrected chi connectivity index (χ1v) is 12.0. The number of benzene rings is 2. The molecule has 2 aromatic rings. The Kier molecular flexibility index (Phi) is 7.89. The molecule has 4 rings (SSSR count). The number of para-hydroxylation sites is 1. The molecular weight excluding hydrogens is 416 g/mol. The summed E-state index contributed by atoms with van der Waals surface area (Å²) in [7, 11) is 1.69. The van der Waals surface area contributed by atoms with Gasteiger partial charge in [0, 0.05) is 38.3 Å². The molecule has 1 amide bonds. The maximum absolute atomic E-state index is 13.6. The summed E-state index contributed by atoms with van der Waals surface area (Å²) in [6, 6.07) is 14.4. The number of methoxy groups -OCH3 is 1. The quantitative estimate of drug-likeness (QED) is 0.608. The van der Waals surface area contributed by atoms with Crippen molar-refractivity contribution in [1.29, 1.82) is 0 Å². The lowest BCUT2D eigenvalue weighted by molar-refractivity contribution is -0.151. The summed E-state index contributed by atoms with van der Waals surface area (Å²) in [5, 5.41) is 0. The van der Waals surface area contributed by atoms with Crippen molar-refractivity contribution in [2.45, 2.75) is 45.9 Å². The Morgan fingerprint density at radius 2 is 2.06 bits per heavy atom. The number of amides is 1. The van der Waals surface area contributed by atoms with Gasteiger partial charge < -0.3 is 19.1 Å². The fraction of sp³-hybridized carbons (Fsp3) is 0.519. The molecular formula is C27H36N2O4. The molecule has 0 radical (unpaired) electrons.